The van der Waals surface area contributed by atoms with Gasteiger partial charge in [-0.15, -0.1) is 0 Å². The van der Waals surface area contributed by atoms with E-state index >= 15 is 0 Å². The molecule has 3 heteroatoms. The van der Waals surface area contributed by atoms with Crippen molar-refractivity contribution in [2.24, 2.45) is 5.92 Å². The summed E-state index contributed by atoms with van der Waals surface area (Å²) in [6, 6.07) is 17.0. The molecule has 2 aromatic carbocycles. The predicted octanol–water partition coefficient (Wildman–Crippen LogP) is 4.61. The number of nitrogens with one attached hydrogen (secondary N) is 1. The molecule has 0 spiro atoms. The topological polar surface area (TPSA) is 41.5 Å². The number of fused-ring (bicyclic) bond motifs is 1. The van der Waals surface area contributed by atoms with Crippen LogP contribution in [0.2, 0.25) is 0 Å². The summed E-state index contributed by atoms with van der Waals surface area (Å²) in [6.45, 7) is 9.50. The molecule has 0 aliphatic heterocycles. The summed E-state index contributed by atoms with van der Waals surface area (Å²) in [4.78, 5) is 0. The van der Waals surface area contributed by atoms with E-state index in [9.17, 15) is 5.11 Å². The second-order valence-electron chi connectivity index (χ2n) is 9.00. The molecule has 1 aliphatic carbocycles. The Morgan fingerprint density at radius 1 is 1.07 bits per heavy atom. The third-order valence-corrected chi connectivity index (χ3v) is 5.92. The van der Waals surface area contributed by atoms with E-state index in [1.807, 2.05) is 19.1 Å². The predicted molar refractivity (Wildman–Crippen MR) is 116 cm³/mol. The zero-order valence-corrected chi connectivity index (χ0v) is 17.7. The van der Waals surface area contributed by atoms with E-state index in [0.29, 0.717) is 19.1 Å². The minimum Gasteiger partial charge on any atom is -0.389 e. The van der Waals surface area contributed by atoms with Gasteiger partial charge in [0, 0.05) is 12.1 Å². The lowest BCUT2D eigenvalue weighted by molar-refractivity contribution is -0.00482. The Bertz CT molecular complexity index is 746. The van der Waals surface area contributed by atoms with Crippen molar-refractivity contribution in [3.63, 3.8) is 0 Å². The molecule has 0 radical (unpaired) electrons. The Kier molecular flexibility index (Phi) is 6.92. The summed E-state index contributed by atoms with van der Waals surface area (Å²) in [7, 11) is 0. The lowest BCUT2D eigenvalue weighted by atomic mass is 9.88. The minimum atomic E-state index is -0.508. The van der Waals surface area contributed by atoms with Crippen LogP contribution in [0.15, 0.2) is 48.5 Å². The molecule has 0 aromatic heterocycles. The van der Waals surface area contributed by atoms with Crippen LogP contribution in [-0.2, 0) is 17.6 Å². The number of ether oxygens (including phenoxy) is 1. The molecule has 3 nitrogen and oxygen atoms in total. The van der Waals surface area contributed by atoms with Gasteiger partial charge in [-0.05, 0) is 75.1 Å². The summed E-state index contributed by atoms with van der Waals surface area (Å²) in [5.74, 6) is 0.675. The second kappa shape index (κ2) is 9.21. The Hall–Kier alpha value is -1.68. The number of β-amino-alcohol motifs (C(OH)–C–C–N with tert-alkyl or cyclic N) is 1. The third-order valence-electron chi connectivity index (χ3n) is 5.92. The van der Waals surface area contributed by atoms with Gasteiger partial charge in [0.1, 0.15) is 0 Å². The molecule has 2 unspecified atom stereocenters. The largest absolute Gasteiger partial charge is 0.389 e. The Balaban J connectivity index is 1.41. The van der Waals surface area contributed by atoms with Crippen LogP contribution in [0.5, 0.6) is 0 Å². The first-order chi connectivity index (χ1) is 13.3. The Morgan fingerprint density at radius 2 is 1.68 bits per heavy atom. The van der Waals surface area contributed by atoms with Crippen LogP contribution in [0.4, 0.5) is 0 Å². The smallest absolute Gasteiger partial charge is 0.0898 e. The normalized spacial score (nSPS) is 16.8. The van der Waals surface area contributed by atoms with Crippen molar-refractivity contribution in [3.05, 3.63) is 70.8 Å². The van der Waals surface area contributed by atoms with Gasteiger partial charge >= 0.3 is 0 Å². The van der Waals surface area contributed by atoms with Gasteiger partial charge in [-0.25, -0.2) is 0 Å². The summed E-state index contributed by atoms with van der Waals surface area (Å²) in [5, 5.41) is 14.0. The highest BCUT2D eigenvalue weighted by Gasteiger charge is 2.28. The Morgan fingerprint density at radius 3 is 2.32 bits per heavy atom. The number of aliphatic hydroxyl groups is 1. The van der Waals surface area contributed by atoms with Gasteiger partial charge in [0.2, 0.25) is 0 Å². The number of aryl methyl sites for hydroxylation is 1. The molecule has 1 aliphatic rings. The number of rotatable bonds is 9. The lowest BCUT2D eigenvalue weighted by Gasteiger charge is -2.30. The maximum absolute atomic E-state index is 10.4. The average Bonchev–Trinajstić information content (AvgIpc) is 3.06. The van der Waals surface area contributed by atoms with E-state index in [1.54, 1.807) is 0 Å². The van der Waals surface area contributed by atoms with Gasteiger partial charge < -0.3 is 15.2 Å². The van der Waals surface area contributed by atoms with Crippen molar-refractivity contribution in [1.82, 2.24) is 5.32 Å². The summed E-state index contributed by atoms with van der Waals surface area (Å²) in [5.41, 5.74) is 5.41. The molecular formula is C25H35NO2. The van der Waals surface area contributed by atoms with Gasteiger partial charge in [-0.1, -0.05) is 48.5 Å². The first-order valence-corrected chi connectivity index (χ1v) is 10.5. The van der Waals surface area contributed by atoms with E-state index in [2.05, 4.69) is 62.5 Å². The Labute approximate surface area is 170 Å². The van der Waals surface area contributed by atoms with Gasteiger partial charge in [0.15, 0.2) is 0 Å². The maximum atomic E-state index is 10.4. The molecule has 2 atom stereocenters. The SMILES string of the molecule is Cc1ccccc1C(C)OCC(O)CNC(C)(C)CC1Cc2ccccc2C1. The summed E-state index contributed by atoms with van der Waals surface area (Å²) < 4.78 is 5.92. The molecular weight excluding hydrogens is 346 g/mol. The number of hydrogen-bond donors (Lipinski definition) is 2. The fraction of sp³-hybridized carbons (Fsp3) is 0.520. The van der Waals surface area contributed by atoms with E-state index < -0.39 is 6.10 Å². The highest BCUT2D eigenvalue weighted by molar-refractivity contribution is 5.32. The van der Waals surface area contributed by atoms with Crippen LogP contribution in [0, 0.1) is 12.8 Å². The maximum Gasteiger partial charge on any atom is 0.0898 e. The van der Waals surface area contributed by atoms with Crippen molar-refractivity contribution in [1.29, 1.82) is 0 Å². The molecule has 28 heavy (non-hydrogen) atoms. The van der Waals surface area contributed by atoms with Crippen LogP contribution in [0.25, 0.3) is 0 Å². The molecule has 0 saturated carbocycles. The zero-order chi connectivity index (χ0) is 20.1. The number of benzene rings is 2. The van der Waals surface area contributed by atoms with E-state index in [4.69, 9.17) is 4.74 Å². The van der Waals surface area contributed by atoms with Gasteiger partial charge in [0.25, 0.3) is 0 Å². The summed E-state index contributed by atoms with van der Waals surface area (Å²) in [6.07, 6.45) is 2.92. The van der Waals surface area contributed by atoms with Gasteiger partial charge in [0.05, 0.1) is 18.8 Å². The van der Waals surface area contributed by atoms with Crippen molar-refractivity contribution < 1.29 is 9.84 Å². The monoisotopic (exact) mass is 381 g/mol. The highest BCUT2D eigenvalue weighted by Crippen LogP contribution is 2.31. The van der Waals surface area contributed by atoms with E-state index in [1.165, 1.54) is 35.1 Å². The standard InChI is InChI=1S/C25H35NO2/c1-18-9-5-8-12-24(18)19(2)28-17-23(27)16-26-25(3,4)15-20-13-21-10-6-7-11-22(21)14-20/h5-12,19-20,23,26-27H,13-17H2,1-4H3. The third kappa shape index (κ3) is 5.66. The molecule has 152 valence electrons. The van der Waals surface area contributed by atoms with Crippen molar-refractivity contribution >= 4 is 0 Å². The molecule has 0 saturated heterocycles. The van der Waals surface area contributed by atoms with Crippen LogP contribution in [-0.4, -0.2) is 29.9 Å². The van der Waals surface area contributed by atoms with Crippen LogP contribution < -0.4 is 5.32 Å². The fourth-order valence-corrected chi connectivity index (χ4v) is 4.43. The second-order valence-corrected chi connectivity index (χ2v) is 9.00. The van der Waals surface area contributed by atoms with Crippen molar-refractivity contribution in [2.45, 2.75) is 64.7 Å². The number of aliphatic hydroxyl groups excluding tert-OH is 1. The molecule has 2 aromatic rings. The lowest BCUT2D eigenvalue weighted by Crippen LogP contribution is -2.45. The zero-order valence-electron chi connectivity index (χ0n) is 17.7. The molecule has 2 N–H and O–H groups in total. The van der Waals surface area contributed by atoms with Gasteiger partial charge in [-0.3, -0.25) is 0 Å². The highest BCUT2D eigenvalue weighted by atomic mass is 16.5. The summed E-state index contributed by atoms with van der Waals surface area (Å²) >= 11 is 0. The fourth-order valence-electron chi connectivity index (χ4n) is 4.43. The van der Waals surface area contributed by atoms with E-state index in [0.717, 1.165) is 6.42 Å². The van der Waals surface area contributed by atoms with Gasteiger partial charge in [-0.2, -0.15) is 0 Å². The van der Waals surface area contributed by atoms with Crippen molar-refractivity contribution in [3.8, 4) is 0 Å². The van der Waals surface area contributed by atoms with Crippen LogP contribution in [0.1, 0.15) is 55.5 Å². The average molecular weight is 382 g/mol. The molecule has 3 rings (SSSR count). The molecule has 0 bridgehead atoms. The first kappa shape index (κ1) is 21.0. The quantitative estimate of drug-likeness (QED) is 0.667. The molecule has 0 amide bonds. The van der Waals surface area contributed by atoms with Crippen LogP contribution in [0.3, 0.4) is 0 Å². The van der Waals surface area contributed by atoms with Crippen molar-refractivity contribution in [2.75, 3.05) is 13.2 Å². The molecule has 0 heterocycles. The first-order valence-electron chi connectivity index (χ1n) is 10.5. The van der Waals surface area contributed by atoms with Crippen LogP contribution >= 0.6 is 0 Å². The number of hydrogen-bond acceptors (Lipinski definition) is 3. The minimum absolute atomic E-state index is 0.00464. The molecule has 0 fully saturated rings. The van der Waals surface area contributed by atoms with E-state index in [-0.39, 0.29) is 11.6 Å².